The summed E-state index contributed by atoms with van der Waals surface area (Å²) < 4.78 is 37.6. The zero-order valence-electron chi connectivity index (χ0n) is 12.0. The first kappa shape index (κ1) is 15.5. The molecule has 1 N–H and O–H groups in total. The van der Waals surface area contributed by atoms with Crippen molar-refractivity contribution in [2.45, 2.75) is 44.0 Å². The Balaban J connectivity index is 2.10. The molecule has 112 valence electrons. The van der Waals surface area contributed by atoms with Crippen molar-refractivity contribution < 1.29 is 17.7 Å². The standard InChI is InChI=1S/C15H22O4S/c1-11-5-3-4-6-13(11)9-12-7-8-14(19-2)15(10-12)20(16,17)18/h3-6,12,14-15H,7-10H2,1-2H3,(H,16,17,18). The van der Waals surface area contributed by atoms with Gasteiger partial charge in [-0.3, -0.25) is 4.55 Å². The second-order valence-electron chi connectivity index (χ2n) is 5.64. The van der Waals surface area contributed by atoms with Gasteiger partial charge in [-0.15, -0.1) is 0 Å². The Morgan fingerprint density at radius 1 is 1.30 bits per heavy atom. The third-order valence-corrected chi connectivity index (χ3v) is 5.56. The van der Waals surface area contributed by atoms with Crippen molar-refractivity contribution in [1.29, 1.82) is 0 Å². The largest absolute Gasteiger partial charge is 0.380 e. The third kappa shape index (κ3) is 3.59. The molecule has 20 heavy (non-hydrogen) atoms. The fourth-order valence-electron chi connectivity index (χ4n) is 3.10. The van der Waals surface area contributed by atoms with Gasteiger partial charge in [0.1, 0.15) is 5.25 Å². The van der Waals surface area contributed by atoms with Crippen molar-refractivity contribution >= 4 is 10.1 Å². The van der Waals surface area contributed by atoms with Gasteiger partial charge in [-0.1, -0.05) is 24.3 Å². The Morgan fingerprint density at radius 3 is 2.60 bits per heavy atom. The summed E-state index contributed by atoms with van der Waals surface area (Å²) in [5, 5.41) is -0.796. The van der Waals surface area contributed by atoms with E-state index in [0.29, 0.717) is 12.8 Å². The molecule has 0 bridgehead atoms. The number of rotatable bonds is 4. The summed E-state index contributed by atoms with van der Waals surface area (Å²) >= 11 is 0. The Kier molecular flexibility index (Phi) is 4.83. The van der Waals surface area contributed by atoms with Gasteiger partial charge in [-0.05, 0) is 49.7 Å². The van der Waals surface area contributed by atoms with Crippen molar-refractivity contribution in [2.24, 2.45) is 5.92 Å². The topological polar surface area (TPSA) is 63.6 Å². The molecule has 1 aliphatic carbocycles. The van der Waals surface area contributed by atoms with Crippen molar-refractivity contribution in [3.8, 4) is 0 Å². The number of ether oxygens (including phenoxy) is 1. The molecule has 0 radical (unpaired) electrons. The molecule has 1 aliphatic rings. The van der Waals surface area contributed by atoms with Crippen LogP contribution in [0.5, 0.6) is 0 Å². The fourth-order valence-corrected chi connectivity index (χ4v) is 4.25. The quantitative estimate of drug-likeness (QED) is 0.868. The lowest BCUT2D eigenvalue weighted by molar-refractivity contribution is 0.0577. The van der Waals surface area contributed by atoms with Crippen LogP contribution in [-0.4, -0.2) is 31.4 Å². The Labute approximate surface area is 120 Å². The van der Waals surface area contributed by atoms with Crippen molar-refractivity contribution in [3.05, 3.63) is 35.4 Å². The molecular formula is C15H22O4S. The lowest BCUT2D eigenvalue weighted by Crippen LogP contribution is -2.41. The molecule has 3 atom stereocenters. The molecule has 5 heteroatoms. The monoisotopic (exact) mass is 298 g/mol. The molecule has 3 unspecified atom stereocenters. The maximum Gasteiger partial charge on any atom is 0.270 e. The molecule has 1 fully saturated rings. The molecule has 1 aromatic rings. The van der Waals surface area contributed by atoms with Gasteiger partial charge in [-0.2, -0.15) is 8.42 Å². The van der Waals surface area contributed by atoms with Crippen LogP contribution in [0.2, 0.25) is 0 Å². The first-order valence-electron chi connectivity index (χ1n) is 6.95. The third-order valence-electron chi connectivity index (χ3n) is 4.29. The number of methoxy groups -OCH3 is 1. The Bertz CT molecular complexity index is 553. The highest BCUT2D eigenvalue weighted by Crippen LogP contribution is 2.33. The summed E-state index contributed by atoms with van der Waals surface area (Å²) in [6, 6.07) is 8.15. The van der Waals surface area contributed by atoms with Crippen LogP contribution in [0.15, 0.2) is 24.3 Å². The first-order valence-corrected chi connectivity index (χ1v) is 8.45. The normalized spacial score (nSPS) is 27.4. The van der Waals surface area contributed by atoms with Crippen LogP contribution in [-0.2, 0) is 21.3 Å². The summed E-state index contributed by atoms with van der Waals surface area (Å²) in [6.45, 7) is 2.07. The van der Waals surface area contributed by atoms with E-state index in [-0.39, 0.29) is 5.92 Å². The zero-order valence-corrected chi connectivity index (χ0v) is 12.8. The minimum absolute atomic E-state index is 0.273. The molecule has 4 nitrogen and oxygen atoms in total. The van der Waals surface area contributed by atoms with E-state index in [0.717, 1.165) is 12.8 Å². The van der Waals surface area contributed by atoms with Gasteiger partial charge in [-0.25, -0.2) is 0 Å². The fraction of sp³-hybridized carbons (Fsp3) is 0.600. The summed E-state index contributed by atoms with van der Waals surface area (Å²) in [5.74, 6) is 0.273. The van der Waals surface area contributed by atoms with Gasteiger partial charge in [0.05, 0.1) is 6.10 Å². The summed E-state index contributed by atoms with van der Waals surface area (Å²) in [4.78, 5) is 0. The SMILES string of the molecule is COC1CCC(Cc2ccccc2C)CC1S(=O)(=O)O. The zero-order chi connectivity index (χ0) is 14.8. The highest BCUT2D eigenvalue weighted by molar-refractivity contribution is 7.86. The number of hydrogen-bond acceptors (Lipinski definition) is 3. The number of hydrogen-bond donors (Lipinski definition) is 1. The number of aryl methyl sites for hydroxylation is 1. The predicted molar refractivity (Wildman–Crippen MR) is 78.4 cm³/mol. The average Bonchev–Trinajstić information content (AvgIpc) is 2.40. The predicted octanol–water partition coefficient (Wildman–Crippen LogP) is 2.61. The lowest BCUT2D eigenvalue weighted by atomic mass is 9.82. The van der Waals surface area contributed by atoms with E-state index < -0.39 is 21.5 Å². The van der Waals surface area contributed by atoms with Crippen molar-refractivity contribution in [1.82, 2.24) is 0 Å². The highest BCUT2D eigenvalue weighted by Gasteiger charge is 2.38. The number of benzene rings is 1. The maximum absolute atomic E-state index is 11.5. The van der Waals surface area contributed by atoms with E-state index in [1.54, 1.807) is 0 Å². The molecule has 1 aromatic carbocycles. The minimum atomic E-state index is -4.05. The van der Waals surface area contributed by atoms with Crippen LogP contribution in [0.1, 0.15) is 30.4 Å². The molecule has 0 saturated heterocycles. The smallest absolute Gasteiger partial charge is 0.270 e. The van der Waals surface area contributed by atoms with Crippen LogP contribution in [0, 0.1) is 12.8 Å². The summed E-state index contributed by atoms with van der Waals surface area (Å²) in [7, 11) is -2.54. The molecular weight excluding hydrogens is 276 g/mol. The van der Waals surface area contributed by atoms with Gasteiger partial charge in [0.25, 0.3) is 10.1 Å². The second-order valence-corrected chi connectivity index (χ2v) is 7.27. The van der Waals surface area contributed by atoms with Crippen LogP contribution >= 0.6 is 0 Å². The molecule has 1 saturated carbocycles. The van der Waals surface area contributed by atoms with Gasteiger partial charge < -0.3 is 4.74 Å². The van der Waals surface area contributed by atoms with E-state index in [1.165, 1.54) is 18.2 Å². The van der Waals surface area contributed by atoms with Crippen molar-refractivity contribution in [2.75, 3.05) is 7.11 Å². The molecule has 0 aliphatic heterocycles. The Morgan fingerprint density at radius 2 is 2.00 bits per heavy atom. The molecule has 2 rings (SSSR count). The highest BCUT2D eigenvalue weighted by atomic mass is 32.2. The van der Waals surface area contributed by atoms with E-state index in [1.807, 2.05) is 12.1 Å². The van der Waals surface area contributed by atoms with Gasteiger partial charge in [0.15, 0.2) is 0 Å². The summed E-state index contributed by atoms with van der Waals surface area (Å²) in [6.07, 6.45) is 2.54. The van der Waals surface area contributed by atoms with Crippen molar-refractivity contribution in [3.63, 3.8) is 0 Å². The molecule has 0 spiro atoms. The van der Waals surface area contributed by atoms with E-state index >= 15 is 0 Å². The van der Waals surface area contributed by atoms with E-state index in [4.69, 9.17) is 4.74 Å². The average molecular weight is 298 g/mol. The Hall–Kier alpha value is -0.910. The molecule has 0 heterocycles. The molecule has 0 amide bonds. The lowest BCUT2D eigenvalue weighted by Gasteiger charge is -2.33. The second kappa shape index (κ2) is 6.24. The maximum atomic E-state index is 11.5. The van der Waals surface area contributed by atoms with Crippen LogP contribution in [0.3, 0.4) is 0 Å². The van der Waals surface area contributed by atoms with E-state index in [2.05, 4.69) is 19.1 Å². The summed E-state index contributed by atoms with van der Waals surface area (Å²) in [5.41, 5.74) is 2.48. The van der Waals surface area contributed by atoms with Gasteiger partial charge in [0, 0.05) is 7.11 Å². The van der Waals surface area contributed by atoms with Crippen LogP contribution < -0.4 is 0 Å². The molecule has 0 aromatic heterocycles. The van der Waals surface area contributed by atoms with Crippen LogP contribution in [0.25, 0.3) is 0 Å². The minimum Gasteiger partial charge on any atom is -0.380 e. The van der Waals surface area contributed by atoms with Crippen LogP contribution in [0.4, 0.5) is 0 Å². The first-order chi connectivity index (χ1) is 9.41. The van der Waals surface area contributed by atoms with E-state index in [9.17, 15) is 13.0 Å². The van der Waals surface area contributed by atoms with Gasteiger partial charge >= 0.3 is 0 Å². The van der Waals surface area contributed by atoms with Gasteiger partial charge in [0.2, 0.25) is 0 Å².